The number of halogens is 2. The van der Waals surface area contributed by atoms with Crippen molar-refractivity contribution in [3.8, 4) is 0 Å². The lowest BCUT2D eigenvalue weighted by atomic mass is 10.5. The molecule has 0 aromatic rings. The van der Waals surface area contributed by atoms with Crippen LogP contribution in [0.25, 0.3) is 0 Å². The monoisotopic (exact) mass is 168 g/mol. The summed E-state index contributed by atoms with van der Waals surface area (Å²) in [5, 5.41) is 0. The maximum absolute atomic E-state index is 11.3. The van der Waals surface area contributed by atoms with E-state index in [9.17, 15) is 8.78 Å². The number of thiocarbonyl (C=S) groups is 1. The standard InChI is InChI=1S/C5H6F2S2/c6-5(7)2-1-3-9-4-8/h2,4H,1,3H2. The van der Waals surface area contributed by atoms with Crippen LogP contribution in [0.3, 0.4) is 0 Å². The molecule has 0 fully saturated rings. The van der Waals surface area contributed by atoms with Gasteiger partial charge in [0.15, 0.2) is 0 Å². The highest BCUT2D eigenvalue weighted by Gasteiger charge is 1.86. The summed E-state index contributed by atoms with van der Waals surface area (Å²) in [6.45, 7) is 0. The third-order valence-corrected chi connectivity index (χ3v) is 1.62. The summed E-state index contributed by atoms with van der Waals surface area (Å²) < 4.78 is 24.0. The van der Waals surface area contributed by atoms with Gasteiger partial charge in [0.25, 0.3) is 6.08 Å². The van der Waals surface area contributed by atoms with Gasteiger partial charge in [0.05, 0.1) is 0 Å². The zero-order valence-corrected chi connectivity index (χ0v) is 6.27. The van der Waals surface area contributed by atoms with E-state index in [0.29, 0.717) is 12.2 Å². The molecule has 0 N–H and O–H groups in total. The average molecular weight is 168 g/mol. The first-order chi connectivity index (χ1) is 4.27. The lowest BCUT2D eigenvalue weighted by Crippen LogP contribution is -1.72. The van der Waals surface area contributed by atoms with Gasteiger partial charge in [-0.25, -0.2) is 0 Å². The molecule has 4 heteroatoms. The van der Waals surface area contributed by atoms with Crippen molar-refractivity contribution in [2.45, 2.75) is 6.42 Å². The highest BCUT2D eigenvalue weighted by atomic mass is 32.2. The summed E-state index contributed by atoms with van der Waals surface area (Å²) in [5.41, 5.74) is 0. The quantitative estimate of drug-likeness (QED) is 0.467. The van der Waals surface area contributed by atoms with Crippen molar-refractivity contribution in [2.75, 3.05) is 5.75 Å². The highest BCUT2D eigenvalue weighted by molar-refractivity contribution is 8.20. The fourth-order valence-electron chi connectivity index (χ4n) is 0.284. The van der Waals surface area contributed by atoms with Gasteiger partial charge in [-0.05, 0) is 12.5 Å². The summed E-state index contributed by atoms with van der Waals surface area (Å²) >= 11 is 5.82. The summed E-state index contributed by atoms with van der Waals surface area (Å²) in [6, 6.07) is 0. The molecular weight excluding hydrogens is 162 g/mol. The number of hydrogen-bond acceptors (Lipinski definition) is 2. The lowest BCUT2D eigenvalue weighted by Gasteiger charge is -1.85. The molecule has 0 unspecified atom stereocenters. The van der Waals surface area contributed by atoms with Crippen LogP contribution in [0.5, 0.6) is 0 Å². The molecule has 0 heterocycles. The van der Waals surface area contributed by atoms with Gasteiger partial charge >= 0.3 is 0 Å². The Bertz CT molecular complexity index is 108. The van der Waals surface area contributed by atoms with Gasteiger partial charge in [0, 0.05) is 10.5 Å². The number of hydrogen-bond donors (Lipinski definition) is 0. The zero-order chi connectivity index (χ0) is 7.11. The molecule has 0 aromatic heterocycles. The Morgan fingerprint density at radius 3 is 2.67 bits per heavy atom. The molecule has 0 atom stereocenters. The van der Waals surface area contributed by atoms with E-state index in [2.05, 4.69) is 12.2 Å². The Labute approximate surface area is 62.3 Å². The molecule has 0 aromatic carbocycles. The summed E-state index contributed by atoms with van der Waals surface area (Å²) in [7, 11) is 0. The van der Waals surface area contributed by atoms with Crippen molar-refractivity contribution in [2.24, 2.45) is 0 Å². The second-order valence-electron chi connectivity index (χ2n) is 1.25. The fraction of sp³-hybridized carbons (Fsp3) is 0.400. The van der Waals surface area contributed by atoms with Crippen LogP contribution in [0.15, 0.2) is 12.2 Å². The van der Waals surface area contributed by atoms with Crippen LogP contribution in [0, 0.1) is 0 Å². The zero-order valence-electron chi connectivity index (χ0n) is 4.64. The van der Waals surface area contributed by atoms with Crippen LogP contribution in [-0.2, 0) is 0 Å². The van der Waals surface area contributed by atoms with E-state index in [1.54, 1.807) is 0 Å². The smallest absolute Gasteiger partial charge is 0.174 e. The van der Waals surface area contributed by atoms with Crippen LogP contribution < -0.4 is 0 Å². The van der Waals surface area contributed by atoms with Crippen molar-refractivity contribution in [1.82, 2.24) is 0 Å². The third kappa shape index (κ3) is 8.04. The van der Waals surface area contributed by atoms with Gasteiger partial charge in [-0.15, -0.1) is 11.8 Å². The van der Waals surface area contributed by atoms with Crippen molar-refractivity contribution in [3.63, 3.8) is 0 Å². The van der Waals surface area contributed by atoms with Gasteiger partial charge < -0.3 is 0 Å². The topological polar surface area (TPSA) is 0 Å². The molecular formula is C5H6F2S2. The molecule has 0 bridgehead atoms. The molecule has 0 rings (SSSR count). The SMILES string of the molecule is FC(F)=CCCSC=S. The molecule has 0 saturated heterocycles. The van der Waals surface area contributed by atoms with E-state index in [1.807, 2.05) is 0 Å². The van der Waals surface area contributed by atoms with Gasteiger partial charge in [0.1, 0.15) is 0 Å². The van der Waals surface area contributed by atoms with Crippen molar-refractivity contribution >= 4 is 28.7 Å². The largest absolute Gasteiger partial charge is 0.266 e. The van der Waals surface area contributed by atoms with Crippen molar-refractivity contribution in [1.29, 1.82) is 0 Å². The van der Waals surface area contributed by atoms with Crippen LogP contribution >= 0.6 is 24.0 Å². The van der Waals surface area contributed by atoms with Gasteiger partial charge in [-0.2, -0.15) is 8.78 Å². The summed E-state index contributed by atoms with van der Waals surface area (Å²) in [4.78, 5) is 0. The molecule has 0 amide bonds. The Hall–Kier alpha value is 0.0400. The van der Waals surface area contributed by atoms with E-state index in [4.69, 9.17) is 0 Å². The predicted octanol–water partition coefficient (Wildman–Crippen LogP) is 2.85. The first-order valence-electron chi connectivity index (χ1n) is 2.33. The van der Waals surface area contributed by atoms with Crippen molar-refractivity contribution < 1.29 is 8.78 Å². The van der Waals surface area contributed by atoms with Gasteiger partial charge in [-0.3, -0.25) is 0 Å². The molecule has 0 spiro atoms. The second kappa shape index (κ2) is 6.16. The highest BCUT2D eigenvalue weighted by Crippen LogP contribution is 2.03. The first-order valence-corrected chi connectivity index (χ1v) is 3.86. The number of rotatable bonds is 4. The number of allylic oxidation sites excluding steroid dienone is 1. The molecule has 0 saturated carbocycles. The Morgan fingerprint density at radius 2 is 2.22 bits per heavy atom. The van der Waals surface area contributed by atoms with E-state index < -0.39 is 6.08 Å². The Morgan fingerprint density at radius 1 is 1.56 bits per heavy atom. The van der Waals surface area contributed by atoms with Crippen LogP contribution in [0.4, 0.5) is 8.78 Å². The molecule has 9 heavy (non-hydrogen) atoms. The minimum absolute atomic E-state index is 0.389. The van der Waals surface area contributed by atoms with E-state index in [1.165, 1.54) is 16.5 Å². The third-order valence-electron chi connectivity index (χ3n) is 0.602. The predicted molar refractivity (Wildman–Crippen MR) is 41.0 cm³/mol. The van der Waals surface area contributed by atoms with Crippen LogP contribution in [0.1, 0.15) is 6.42 Å². The first kappa shape index (κ1) is 9.04. The summed E-state index contributed by atoms with van der Waals surface area (Å²) in [6.07, 6.45) is -0.327. The lowest BCUT2D eigenvalue weighted by molar-refractivity contribution is 0.418. The molecule has 0 aliphatic rings. The average Bonchev–Trinajstić information content (AvgIpc) is 1.80. The molecule has 0 aliphatic carbocycles. The molecule has 0 aliphatic heterocycles. The minimum atomic E-state index is -1.61. The Kier molecular flexibility index (Phi) is 6.19. The van der Waals surface area contributed by atoms with E-state index in [-0.39, 0.29) is 0 Å². The van der Waals surface area contributed by atoms with Gasteiger partial charge in [-0.1, -0.05) is 12.2 Å². The molecule has 52 valence electrons. The fourth-order valence-corrected chi connectivity index (χ4v) is 0.923. The number of thioether (sulfide) groups is 1. The van der Waals surface area contributed by atoms with Gasteiger partial charge in [0.2, 0.25) is 0 Å². The maximum atomic E-state index is 11.3. The van der Waals surface area contributed by atoms with Crippen LogP contribution in [-0.4, -0.2) is 10.5 Å². The Balaban J connectivity index is 3.09. The molecule has 0 nitrogen and oxygen atoms in total. The minimum Gasteiger partial charge on any atom is -0.174 e. The van der Waals surface area contributed by atoms with Crippen LogP contribution in [0.2, 0.25) is 0 Å². The second-order valence-corrected chi connectivity index (χ2v) is 2.76. The normalized spacial score (nSPS) is 8.67. The molecule has 0 radical (unpaired) electrons. The maximum Gasteiger partial charge on any atom is 0.266 e. The van der Waals surface area contributed by atoms with E-state index >= 15 is 0 Å². The summed E-state index contributed by atoms with van der Waals surface area (Å²) in [5.74, 6) is 0.640. The van der Waals surface area contributed by atoms with E-state index in [0.717, 1.165) is 6.08 Å². The van der Waals surface area contributed by atoms with Crippen molar-refractivity contribution in [3.05, 3.63) is 12.2 Å².